The van der Waals surface area contributed by atoms with E-state index < -0.39 is 5.97 Å². The van der Waals surface area contributed by atoms with Crippen molar-refractivity contribution in [2.24, 2.45) is 0 Å². The fraction of sp³-hybridized carbons (Fsp3) is 0.900. The van der Waals surface area contributed by atoms with Gasteiger partial charge >= 0.3 is 5.97 Å². The summed E-state index contributed by atoms with van der Waals surface area (Å²) in [5.41, 5.74) is -0.143. The van der Waals surface area contributed by atoms with Crippen LogP contribution in [0.4, 0.5) is 0 Å². The molecule has 0 bridgehead atoms. The zero-order valence-electron chi connectivity index (χ0n) is 15.4. The molecule has 0 aliphatic rings. The number of carboxylic acid groups (broad SMARTS) is 1. The molecule has 0 atom stereocenters. The number of hydrogen-bond acceptors (Lipinski definition) is 2. The molecule has 0 aromatic rings. The first kappa shape index (κ1) is 22.1. The molecule has 2 N–H and O–H groups in total. The van der Waals surface area contributed by atoms with E-state index in [9.17, 15) is 4.79 Å². The Hall–Kier alpha value is -0.860. The number of hydrogen-bond donors (Lipinski definition) is 2. The molecule has 0 rings (SSSR count). The summed E-state index contributed by atoms with van der Waals surface area (Å²) in [4.78, 5) is 10.5. The molecule has 0 saturated carbocycles. The zero-order chi connectivity index (χ0) is 17.2. The van der Waals surface area contributed by atoms with Crippen LogP contribution in [0, 0.1) is 5.41 Å². The third-order valence-electron chi connectivity index (χ3n) is 4.54. The molecule has 0 saturated heterocycles. The Bertz CT molecular complexity index is 289. The molecular weight excluding hydrogens is 286 g/mol. The van der Waals surface area contributed by atoms with Gasteiger partial charge in [-0.05, 0) is 12.8 Å². The van der Waals surface area contributed by atoms with Gasteiger partial charge in [0.1, 0.15) is 5.71 Å². The van der Waals surface area contributed by atoms with Crippen molar-refractivity contribution in [3.63, 3.8) is 0 Å². The van der Waals surface area contributed by atoms with Crippen molar-refractivity contribution in [1.82, 2.24) is 0 Å². The normalized spacial score (nSPS) is 10.8. The van der Waals surface area contributed by atoms with Crippen LogP contribution in [-0.2, 0) is 4.79 Å². The van der Waals surface area contributed by atoms with Crippen LogP contribution < -0.4 is 0 Å². The first-order valence-electron chi connectivity index (χ1n) is 9.99. The van der Waals surface area contributed by atoms with Crippen LogP contribution in [0.2, 0.25) is 0 Å². The zero-order valence-corrected chi connectivity index (χ0v) is 15.4. The molecule has 0 fully saturated rings. The van der Waals surface area contributed by atoms with Gasteiger partial charge in [0.2, 0.25) is 0 Å². The van der Waals surface area contributed by atoms with Crippen LogP contribution in [0.5, 0.6) is 0 Å². The van der Waals surface area contributed by atoms with Crippen molar-refractivity contribution >= 4 is 11.7 Å². The smallest absolute Gasteiger partial charge is 0.349 e. The molecule has 3 nitrogen and oxygen atoms in total. The van der Waals surface area contributed by atoms with Crippen LogP contribution >= 0.6 is 0 Å². The monoisotopic (exact) mass is 325 g/mol. The minimum Gasteiger partial charge on any atom is -0.477 e. The molecule has 23 heavy (non-hydrogen) atoms. The van der Waals surface area contributed by atoms with Gasteiger partial charge in [-0.25, -0.2) is 4.79 Å². The number of aliphatic carboxylic acids is 1. The maximum atomic E-state index is 10.5. The second-order valence-electron chi connectivity index (χ2n) is 6.84. The minimum atomic E-state index is -1.06. The highest BCUT2D eigenvalue weighted by atomic mass is 16.4. The van der Waals surface area contributed by atoms with E-state index in [4.69, 9.17) is 10.5 Å². The summed E-state index contributed by atoms with van der Waals surface area (Å²) in [6, 6.07) is 0. The highest BCUT2D eigenvalue weighted by molar-refractivity contribution is 6.34. The third-order valence-corrected chi connectivity index (χ3v) is 4.54. The standard InChI is InChI=1S/C20H39NO2/c1-2-3-4-5-6-7-8-9-10-11-12-13-14-15-16-17-18-19(21)20(22)23/h21H,2-18H2,1H3,(H,22,23). The van der Waals surface area contributed by atoms with Crippen molar-refractivity contribution < 1.29 is 9.90 Å². The van der Waals surface area contributed by atoms with Crippen LogP contribution in [0.15, 0.2) is 0 Å². The van der Waals surface area contributed by atoms with Crippen LogP contribution in [0.3, 0.4) is 0 Å². The summed E-state index contributed by atoms with van der Waals surface area (Å²) >= 11 is 0. The summed E-state index contributed by atoms with van der Waals surface area (Å²) < 4.78 is 0. The van der Waals surface area contributed by atoms with E-state index in [0.29, 0.717) is 6.42 Å². The molecule has 0 unspecified atom stereocenters. The van der Waals surface area contributed by atoms with Crippen molar-refractivity contribution in [2.45, 2.75) is 116 Å². The van der Waals surface area contributed by atoms with E-state index in [2.05, 4.69) is 6.92 Å². The number of nitrogens with one attached hydrogen (secondary N) is 1. The average molecular weight is 326 g/mol. The predicted octanol–water partition coefficient (Wildman–Crippen LogP) is 6.74. The third kappa shape index (κ3) is 17.3. The van der Waals surface area contributed by atoms with Gasteiger partial charge in [-0.3, -0.25) is 5.41 Å². The van der Waals surface area contributed by atoms with Crippen molar-refractivity contribution in [3.05, 3.63) is 0 Å². The number of carboxylic acids is 1. The second-order valence-corrected chi connectivity index (χ2v) is 6.84. The molecule has 0 aliphatic heterocycles. The molecule has 0 amide bonds. The predicted molar refractivity (Wildman–Crippen MR) is 99.5 cm³/mol. The molecule has 3 heteroatoms. The molecule has 136 valence electrons. The van der Waals surface area contributed by atoms with Crippen molar-refractivity contribution in [2.75, 3.05) is 0 Å². The van der Waals surface area contributed by atoms with Gasteiger partial charge in [0.15, 0.2) is 0 Å². The Balaban J connectivity index is 3.05. The lowest BCUT2D eigenvalue weighted by Crippen LogP contribution is -2.10. The molecule has 0 aromatic carbocycles. The van der Waals surface area contributed by atoms with Crippen molar-refractivity contribution in [1.29, 1.82) is 5.41 Å². The molecule has 0 spiro atoms. The average Bonchev–Trinajstić information content (AvgIpc) is 2.54. The van der Waals surface area contributed by atoms with E-state index in [-0.39, 0.29) is 5.71 Å². The van der Waals surface area contributed by atoms with E-state index in [1.807, 2.05) is 0 Å². The lowest BCUT2D eigenvalue weighted by molar-refractivity contribution is -0.129. The summed E-state index contributed by atoms with van der Waals surface area (Å²) in [7, 11) is 0. The van der Waals surface area contributed by atoms with Gasteiger partial charge in [-0.15, -0.1) is 0 Å². The first-order valence-corrected chi connectivity index (χ1v) is 9.99. The lowest BCUT2D eigenvalue weighted by atomic mass is 10.0. The number of carbonyl (C=O) groups is 1. The Labute approximate surface area is 143 Å². The Kier molecular flexibility index (Phi) is 16.8. The highest BCUT2D eigenvalue weighted by Gasteiger charge is 2.04. The van der Waals surface area contributed by atoms with E-state index in [0.717, 1.165) is 12.8 Å². The topological polar surface area (TPSA) is 61.2 Å². The molecule has 0 heterocycles. The quantitative estimate of drug-likeness (QED) is 0.216. The fourth-order valence-corrected chi connectivity index (χ4v) is 2.96. The van der Waals surface area contributed by atoms with Crippen LogP contribution in [-0.4, -0.2) is 16.8 Å². The minimum absolute atomic E-state index is 0.143. The van der Waals surface area contributed by atoms with Gasteiger partial charge in [0, 0.05) is 0 Å². The van der Waals surface area contributed by atoms with Crippen LogP contribution in [0.25, 0.3) is 0 Å². The maximum absolute atomic E-state index is 10.5. The Morgan fingerprint density at radius 1 is 0.652 bits per heavy atom. The van der Waals surface area contributed by atoms with Gasteiger partial charge in [-0.2, -0.15) is 0 Å². The van der Waals surface area contributed by atoms with E-state index in [1.165, 1.54) is 89.9 Å². The summed E-state index contributed by atoms with van der Waals surface area (Å²) in [6.45, 7) is 2.27. The van der Waals surface area contributed by atoms with E-state index in [1.54, 1.807) is 0 Å². The molecule has 0 aliphatic carbocycles. The highest BCUT2D eigenvalue weighted by Crippen LogP contribution is 2.14. The summed E-state index contributed by atoms with van der Waals surface area (Å²) in [5.74, 6) is -1.06. The Morgan fingerprint density at radius 2 is 0.957 bits per heavy atom. The molecular formula is C20H39NO2. The molecule has 0 radical (unpaired) electrons. The van der Waals surface area contributed by atoms with Crippen LogP contribution in [0.1, 0.15) is 116 Å². The summed E-state index contributed by atoms with van der Waals surface area (Å²) in [5, 5.41) is 15.8. The first-order chi connectivity index (χ1) is 11.2. The largest absolute Gasteiger partial charge is 0.477 e. The van der Waals surface area contributed by atoms with Gasteiger partial charge < -0.3 is 5.11 Å². The SMILES string of the molecule is CCCCCCCCCCCCCCCCCCC(=N)C(=O)O. The van der Waals surface area contributed by atoms with Crippen molar-refractivity contribution in [3.8, 4) is 0 Å². The number of rotatable bonds is 18. The second kappa shape index (κ2) is 17.5. The van der Waals surface area contributed by atoms with Gasteiger partial charge in [-0.1, -0.05) is 103 Å². The number of unbranched alkanes of at least 4 members (excludes halogenated alkanes) is 15. The lowest BCUT2D eigenvalue weighted by Gasteiger charge is -2.03. The fourth-order valence-electron chi connectivity index (χ4n) is 2.96. The molecule has 0 aromatic heterocycles. The maximum Gasteiger partial charge on any atom is 0.349 e. The van der Waals surface area contributed by atoms with Gasteiger partial charge in [0.25, 0.3) is 0 Å². The Morgan fingerprint density at radius 3 is 1.26 bits per heavy atom. The van der Waals surface area contributed by atoms with Gasteiger partial charge in [0.05, 0.1) is 0 Å². The summed E-state index contributed by atoms with van der Waals surface area (Å²) in [6.07, 6.45) is 21.5. The van der Waals surface area contributed by atoms with E-state index >= 15 is 0 Å².